The van der Waals surface area contributed by atoms with Crippen molar-refractivity contribution in [2.24, 2.45) is 0 Å². The molecule has 3 aromatic carbocycles. The Morgan fingerprint density at radius 3 is 2.63 bits per heavy atom. The molecule has 0 spiro atoms. The highest BCUT2D eigenvalue weighted by Gasteiger charge is 2.15. The molecule has 1 aliphatic heterocycles. The monoisotopic (exact) mass is 554 g/mol. The van der Waals surface area contributed by atoms with E-state index < -0.39 is 0 Å². The van der Waals surface area contributed by atoms with Crippen LogP contribution in [0.3, 0.4) is 0 Å². The Bertz CT molecular complexity index is 1370. The SMILES string of the molecule is O=C(NCCN1CCOCC1)c1ccc(OCc2nc3ccccc3[nH]2)c(OCc2ccc(Cl)cc2Cl)c1. The summed E-state index contributed by atoms with van der Waals surface area (Å²) in [7, 11) is 0. The lowest BCUT2D eigenvalue weighted by Crippen LogP contribution is -2.41. The molecule has 1 aromatic heterocycles. The number of fused-ring (bicyclic) bond motifs is 1. The molecule has 4 aromatic rings. The van der Waals surface area contributed by atoms with Crippen LogP contribution in [0.5, 0.6) is 11.5 Å². The molecule has 0 radical (unpaired) electrons. The van der Waals surface area contributed by atoms with Gasteiger partial charge in [-0.3, -0.25) is 9.69 Å². The Labute approximate surface area is 230 Å². The Morgan fingerprint density at radius 2 is 1.82 bits per heavy atom. The predicted molar refractivity (Wildman–Crippen MR) is 147 cm³/mol. The smallest absolute Gasteiger partial charge is 0.251 e. The van der Waals surface area contributed by atoms with Gasteiger partial charge in [0.25, 0.3) is 5.91 Å². The maximum atomic E-state index is 12.9. The molecule has 0 atom stereocenters. The van der Waals surface area contributed by atoms with Gasteiger partial charge in [0.15, 0.2) is 11.5 Å². The second-order valence-corrected chi connectivity index (χ2v) is 9.73. The van der Waals surface area contributed by atoms with Crippen LogP contribution < -0.4 is 14.8 Å². The number of halogens is 2. The molecule has 2 N–H and O–H groups in total. The molecule has 8 nitrogen and oxygen atoms in total. The fourth-order valence-corrected chi connectivity index (χ4v) is 4.61. The molecule has 0 aliphatic carbocycles. The number of amides is 1. The average Bonchev–Trinajstić information content (AvgIpc) is 3.35. The van der Waals surface area contributed by atoms with Gasteiger partial charge >= 0.3 is 0 Å². The van der Waals surface area contributed by atoms with E-state index in [-0.39, 0.29) is 19.1 Å². The number of benzene rings is 3. The molecule has 5 rings (SSSR count). The van der Waals surface area contributed by atoms with Crippen molar-refractivity contribution in [3.63, 3.8) is 0 Å². The molecule has 2 heterocycles. The molecule has 0 saturated carbocycles. The Kier molecular flexibility index (Phi) is 8.65. The van der Waals surface area contributed by atoms with E-state index in [9.17, 15) is 4.79 Å². The summed E-state index contributed by atoms with van der Waals surface area (Å²) in [4.78, 5) is 23.0. The third kappa shape index (κ3) is 6.76. The Hall–Kier alpha value is -3.30. The number of nitrogens with zero attached hydrogens (tertiary/aromatic N) is 2. The number of nitrogens with one attached hydrogen (secondary N) is 2. The van der Waals surface area contributed by atoms with Crippen LogP contribution in [0.1, 0.15) is 21.7 Å². The number of ether oxygens (including phenoxy) is 3. The first-order chi connectivity index (χ1) is 18.5. The highest BCUT2D eigenvalue weighted by Crippen LogP contribution is 2.31. The molecule has 1 saturated heterocycles. The number of hydrogen-bond donors (Lipinski definition) is 2. The zero-order chi connectivity index (χ0) is 26.3. The molecule has 1 aliphatic rings. The quantitative estimate of drug-likeness (QED) is 0.284. The fraction of sp³-hybridized carbons (Fsp3) is 0.286. The Morgan fingerprint density at radius 1 is 1.00 bits per heavy atom. The summed E-state index contributed by atoms with van der Waals surface area (Å²) in [6, 6.07) is 18.1. The highest BCUT2D eigenvalue weighted by molar-refractivity contribution is 6.35. The van der Waals surface area contributed by atoms with Crippen LogP contribution in [-0.4, -0.2) is 60.2 Å². The van der Waals surface area contributed by atoms with Crippen LogP contribution >= 0.6 is 23.2 Å². The number of carbonyl (C=O) groups excluding carboxylic acids is 1. The van der Waals surface area contributed by atoms with E-state index in [1.54, 1.807) is 30.3 Å². The third-order valence-corrected chi connectivity index (χ3v) is 6.81. The van der Waals surface area contributed by atoms with Crippen LogP contribution in [0.25, 0.3) is 11.0 Å². The number of carbonyl (C=O) groups is 1. The van der Waals surface area contributed by atoms with E-state index in [1.165, 1.54) is 0 Å². The van der Waals surface area contributed by atoms with E-state index >= 15 is 0 Å². The topological polar surface area (TPSA) is 88.7 Å². The van der Waals surface area contributed by atoms with Crippen molar-refractivity contribution >= 4 is 40.1 Å². The number of H-pyrrole nitrogens is 1. The van der Waals surface area contributed by atoms with Crippen molar-refractivity contribution in [3.05, 3.63) is 87.7 Å². The van der Waals surface area contributed by atoms with Crippen molar-refractivity contribution < 1.29 is 19.0 Å². The van der Waals surface area contributed by atoms with Gasteiger partial charge in [-0.1, -0.05) is 41.4 Å². The van der Waals surface area contributed by atoms with Gasteiger partial charge in [0, 0.05) is 47.4 Å². The minimum absolute atomic E-state index is 0.180. The molecule has 0 bridgehead atoms. The number of aromatic amines is 1. The van der Waals surface area contributed by atoms with Gasteiger partial charge in [-0.25, -0.2) is 4.98 Å². The fourth-order valence-electron chi connectivity index (χ4n) is 4.15. The van der Waals surface area contributed by atoms with Gasteiger partial charge < -0.3 is 24.5 Å². The molecule has 38 heavy (non-hydrogen) atoms. The lowest BCUT2D eigenvalue weighted by molar-refractivity contribution is 0.0383. The molecular formula is C28H28Cl2N4O4. The second-order valence-electron chi connectivity index (χ2n) is 8.89. The zero-order valence-corrected chi connectivity index (χ0v) is 22.2. The van der Waals surface area contributed by atoms with Gasteiger partial charge in [-0.15, -0.1) is 0 Å². The summed E-state index contributed by atoms with van der Waals surface area (Å²) >= 11 is 12.4. The van der Waals surface area contributed by atoms with Crippen LogP contribution in [0, 0.1) is 0 Å². The maximum absolute atomic E-state index is 12.9. The van der Waals surface area contributed by atoms with Crippen LogP contribution in [0.2, 0.25) is 10.0 Å². The summed E-state index contributed by atoms with van der Waals surface area (Å²) in [6.45, 7) is 4.89. The number of para-hydroxylation sites is 2. The molecule has 0 unspecified atom stereocenters. The molecule has 198 valence electrons. The van der Waals surface area contributed by atoms with E-state index in [0.717, 1.165) is 49.4 Å². The number of morpholine rings is 1. The summed E-state index contributed by atoms with van der Waals surface area (Å²) in [5.41, 5.74) is 3.04. The van der Waals surface area contributed by atoms with Crippen molar-refractivity contribution in [2.45, 2.75) is 13.2 Å². The van der Waals surface area contributed by atoms with Gasteiger partial charge in [0.05, 0.1) is 24.2 Å². The van der Waals surface area contributed by atoms with E-state index in [2.05, 4.69) is 20.2 Å². The standard InChI is InChI=1S/C28H28Cl2N4O4/c29-21-7-5-20(22(30)16-21)17-37-26-15-19(28(35)31-9-10-34-11-13-36-14-12-34)6-8-25(26)38-18-27-32-23-3-1-2-4-24(23)33-27/h1-8,15-16H,9-14,17-18H2,(H,31,35)(H,32,33). The normalized spacial score (nSPS) is 13.9. The molecule has 1 amide bonds. The largest absolute Gasteiger partial charge is 0.485 e. The van der Waals surface area contributed by atoms with E-state index in [1.807, 2.05) is 30.3 Å². The summed E-state index contributed by atoms with van der Waals surface area (Å²) in [5.74, 6) is 1.41. The van der Waals surface area contributed by atoms with Crippen LogP contribution in [0.15, 0.2) is 60.7 Å². The van der Waals surface area contributed by atoms with E-state index in [0.29, 0.717) is 39.5 Å². The lowest BCUT2D eigenvalue weighted by Gasteiger charge is -2.26. The minimum atomic E-state index is -0.184. The lowest BCUT2D eigenvalue weighted by atomic mass is 10.2. The first kappa shape index (κ1) is 26.3. The zero-order valence-electron chi connectivity index (χ0n) is 20.7. The van der Waals surface area contributed by atoms with Gasteiger partial charge in [-0.2, -0.15) is 0 Å². The first-order valence-corrected chi connectivity index (χ1v) is 13.2. The van der Waals surface area contributed by atoms with Crippen molar-refractivity contribution in [2.75, 3.05) is 39.4 Å². The van der Waals surface area contributed by atoms with Crippen LogP contribution in [0.4, 0.5) is 0 Å². The highest BCUT2D eigenvalue weighted by atomic mass is 35.5. The summed E-state index contributed by atoms with van der Waals surface area (Å²) in [5, 5.41) is 4.03. The Balaban J connectivity index is 1.29. The molecule has 10 heteroatoms. The first-order valence-electron chi connectivity index (χ1n) is 12.4. The van der Waals surface area contributed by atoms with Crippen molar-refractivity contribution in [1.29, 1.82) is 0 Å². The summed E-state index contributed by atoms with van der Waals surface area (Å²) in [6.07, 6.45) is 0. The van der Waals surface area contributed by atoms with Gasteiger partial charge in [-0.05, 0) is 42.5 Å². The van der Waals surface area contributed by atoms with Crippen molar-refractivity contribution in [1.82, 2.24) is 20.2 Å². The molecular weight excluding hydrogens is 527 g/mol. The van der Waals surface area contributed by atoms with Gasteiger partial charge in [0.1, 0.15) is 19.0 Å². The maximum Gasteiger partial charge on any atom is 0.251 e. The minimum Gasteiger partial charge on any atom is -0.485 e. The predicted octanol–water partition coefficient (Wildman–Crippen LogP) is 5.09. The third-order valence-electron chi connectivity index (χ3n) is 6.22. The number of hydrogen-bond acceptors (Lipinski definition) is 6. The van der Waals surface area contributed by atoms with Crippen molar-refractivity contribution in [3.8, 4) is 11.5 Å². The summed E-state index contributed by atoms with van der Waals surface area (Å²) < 4.78 is 17.5. The number of aromatic nitrogens is 2. The average molecular weight is 555 g/mol. The molecule has 1 fully saturated rings. The van der Waals surface area contributed by atoms with Gasteiger partial charge in [0.2, 0.25) is 0 Å². The van der Waals surface area contributed by atoms with E-state index in [4.69, 9.17) is 37.4 Å². The van der Waals surface area contributed by atoms with Crippen LogP contribution in [-0.2, 0) is 18.0 Å². The number of imidazole rings is 1. The second kappa shape index (κ2) is 12.5. The number of rotatable bonds is 10.